The lowest BCUT2D eigenvalue weighted by molar-refractivity contribution is 0.0977. The zero-order chi connectivity index (χ0) is 28.0. The molecule has 1 aromatic carbocycles. The fourth-order valence-electron chi connectivity index (χ4n) is 3.85. The lowest BCUT2D eigenvalue weighted by atomic mass is 9.93. The van der Waals surface area contributed by atoms with E-state index < -0.39 is 12.1 Å². The van der Waals surface area contributed by atoms with Crippen LogP contribution < -0.4 is 16.4 Å². The van der Waals surface area contributed by atoms with Crippen molar-refractivity contribution in [2.45, 2.75) is 40.3 Å². The Bertz CT molecular complexity index is 1270. The van der Waals surface area contributed by atoms with Gasteiger partial charge in [0.25, 0.3) is 5.91 Å². The van der Waals surface area contributed by atoms with E-state index in [0.717, 1.165) is 5.56 Å². The summed E-state index contributed by atoms with van der Waals surface area (Å²) in [6.45, 7) is 12.1. The number of alkyl halides is 1. The number of amidine groups is 1. The first-order valence-electron chi connectivity index (χ1n) is 12.2. The molecule has 1 atom stereocenters. The third kappa shape index (κ3) is 6.93. The largest absolute Gasteiger partial charge is 0.500 e. The summed E-state index contributed by atoms with van der Waals surface area (Å²) in [4.78, 5) is 27.7. The predicted molar refractivity (Wildman–Crippen MR) is 150 cm³/mol. The molecule has 0 aliphatic carbocycles. The number of halogens is 1. The SMILES string of the molecule is C=C/N=C1/C=NC(N2CC[C@H](F)C2)=N/C1=C(/N)Nc1cc(C(=O)NC(=N)/C=C(\OC)C(C)(C)C)ccc1C. The topological polar surface area (TPSA) is 141 Å². The molecule has 1 saturated heterocycles. The fourth-order valence-corrected chi connectivity index (χ4v) is 3.85. The molecule has 10 nitrogen and oxygen atoms in total. The summed E-state index contributed by atoms with van der Waals surface area (Å²) < 4.78 is 19.1. The van der Waals surface area contributed by atoms with Crippen LogP contribution in [0.25, 0.3) is 0 Å². The Morgan fingerprint density at radius 2 is 2.13 bits per heavy atom. The summed E-state index contributed by atoms with van der Waals surface area (Å²) in [7, 11) is 1.53. The number of guanidine groups is 1. The number of hydrogen-bond acceptors (Lipinski definition) is 9. The van der Waals surface area contributed by atoms with Crippen molar-refractivity contribution in [2.24, 2.45) is 26.1 Å². The molecule has 1 fully saturated rings. The van der Waals surface area contributed by atoms with Gasteiger partial charge in [-0.25, -0.2) is 14.4 Å². The number of amides is 1. The second-order valence-electron chi connectivity index (χ2n) is 9.95. The normalized spacial score (nSPS) is 20.2. The lowest BCUT2D eigenvalue weighted by Crippen LogP contribution is -2.32. The van der Waals surface area contributed by atoms with Crippen molar-refractivity contribution in [1.29, 1.82) is 5.41 Å². The number of nitrogens with two attached hydrogens (primary N) is 1. The third-order valence-electron chi connectivity index (χ3n) is 5.91. The summed E-state index contributed by atoms with van der Waals surface area (Å²) in [6.07, 6.45) is 3.85. The summed E-state index contributed by atoms with van der Waals surface area (Å²) >= 11 is 0. The number of likely N-dealkylation sites (tertiary alicyclic amines) is 1. The van der Waals surface area contributed by atoms with E-state index in [0.29, 0.717) is 47.3 Å². The Morgan fingerprint density at radius 1 is 1.39 bits per heavy atom. The van der Waals surface area contributed by atoms with Crippen LogP contribution in [0, 0.1) is 17.7 Å². The van der Waals surface area contributed by atoms with Crippen LogP contribution in [-0.4, -0.2) is 60.9 Å². The highest BCUT2D eigenvalue weighted by atomic mass is 19.1. The molecule has 11 heteroatoms. The van der Waals surface area contributed by atoms with E-state index in [9.17, 15) is 9.18 Å². The average Bonchev–Trinajstić information content (AvgIpc) is 3.29. The minimum Gasteiger partial charge on any atom is -0.500 e. The monoisotopic (exact) mass is 522 g/mol. The zero-order valence-corrected chi connectivity index (χ0v) is 22.4. The Morgan fingerprint density at radius 3 is 2.74 bits per heavy atom. The molecule has 3 rings (SSSR count). The molecule has 2 aliphatic heterocycles. The number of aryl methyl sites for hydroxylation is 1. The van der Waals surface area contributed by atoms with Crippen molar-refractivity contribution in [3.8, 4) is 0 Å². The number of nitrogens with zero attached hydrogens (tertiary/aromatic N) is 4. The van der Waals surface area contributed by atoms with Gasteiger partial charge in [0.2, 0.25) is 5.96 Å². The van der Waals surface area contributed by atoms with Crippen LogP contribution in [0.5, 0.6) is 0 Å². The van der Waals surface area contributed by atoms with Gasteiger partial charge in [-0.3, -0.25) is 15.2 Å². The number of carbonyl (C=O) groups is 1. The van der Waals surface area contributed by atoms with Crippen molar-refractivity contribution in [2.75, 3.05) is 25.5 Å². The second-order valence-corrected chi connectivity index (χ2v) is 9.95. The van der Waals surface area contributed by atoms with E-state index >= 15 is 0 Å². The summed E-state index contributed by atoms with van der Waals surface area (Å²) in [6, 6.07) is 5.06. The first kappa shape index (κ1) is 28.3. The smallest absolute Gasteiger partial charge is 0.256 e. The number of ether oxygens (including phenoxy) is 1. The highest BCUT2D eigenvalue weighted by molar-refractivity contribution is 6.41. The number of nitrogens with one attached hydrogen (secondary N) is 3. The van der Waals surface area contributed by atoms with Crippen LogP contribution in [0.4, 0.5) is 10.1 Å². The van der Waals surface area contributed by atoms with Crippen LogP contribution in [-0.2, 0) is 4.74 Å². The molecule has 1 aromatic rings. The molecular formula is C27H35FN8O2. The van der Waals surface area contributed by atoms with Crippen LogP contribution in [0.2, 0.25) is 0 Å². The van der Waals surface area contributed by atoms with Gasteiger partial charge >= 0.3 is 0 Å². The standard InChI is InChI=1S/C27H35FN8O2/c1-7-31-20-14-32-26(36-11-10-18(28)15-36)35-23(20)24(30)33-19-12-17(9-8-16(19)2)25(37)34-22(29)13-21(38-6)27(3,4)5/h7-9,12-14,18,33H,1,10-11,15,30H2,2-6H3,(H2,29,34,37)/b21-13-,24-23-,31-20-/t18-/m0/s1. The van der Waals surface area contributed by atoms with E-state index in [1.807, 2.05) is 27.7 Å². The van der Waals surface area contributed by atoms with E-state index in [-0.39, 0.29) is 23.6 Å². The maximum Gasteiger partial charge on any atom is 0.256 e. The van der Waals surface area contributed by atoms with Gasteiger partial charge in [-0.1, -0.05) is 33.4 Å². The molecule has 2 heterocycles. The van der Waals surface area contributed by atoms with Crippen molar-refractivity contribution in [1.82, 2.24) is 10.2 Å². The maximum absolute atomic E-state index is 13.7. The van der Waals surface area contributed by atoms with Gasteiger partial charge in [0.15, 0.2) is 0 Å². The molecule has 2 aliphatic rings. The van der Waals surface area contributed by atoms with Crippen molar-refractivity contribution in [3.63, 3.8) is 0 Å². The molecular weight excluding hydrogens is 487 g/mol. The summed E-state index contributed by atoms with van der Waals surface area (Å²) in [5.74, 6) is 0.548. The Labute approximate surface area is 222 Å². The third-order valence-corrected chi connectivity index (χ3v) is 5.91. The van der Waals surface area contributed by atoms with Gasteiger partial charge in [-0.05, 0) is 31.0 Å². The van der Waals surface area contributed by atoms with E-state index in [2.05, 4.69) is 32.2 Å². The molecule has 0 radical (unpaired) electrons. The molecule has 0 unspecified atom stereocenters. The quantitative estimate of drug-likeness (QED) is 0.255. The van der Waals surface area contributed by atoms with Gasteiger partial charge < -0.3 is 26.0 Å². The number of rotatable bonds is 6. The zero-order valence-electron chi connectivity index (χ0n) is 22.4. The van der Waals surface area contributed by atoms with Gasteiger partial charge in [-0.2, -0.15) is 0 Å². The molecule has 5 N–H and O–H groups in total. The molecule has 1 amide bonds. The number of carbonyl (C=O) groups excluding carboxylic acids is 1. The van der Waals surface area contributed by atoms with Gasteiger partial charge in [-0.15, -0.1) is 0 Å². The number of hydrogen-bond donors (Lipinski definition) is 4. The van der Waals surface area contributed by atoms with Crippen LogP contribution in [0.3, 0.4) is 0 Å². The summed E-state index contributed by atoms with van der Waals surface area (Å²) in [5.41, 5.74) is 8.53. The van der Waals surface area contributed by atoms with E-state index in [4.69, 9.17) is 15.9 Å². The molecule has 0 bridgehead atoms. The van der Waals surface area contributed by atoms with Gasteiger partial charge in [0, 0.05) is 35.5 Å². The Balaban J connectivity index is 1.86. The number of anilines is 1. The first-order chi connectivity index (χ1) is 17.9. The van der Waals surface area contributed by atoms with Crippen molar-refractivity contribution in [3.05, 3.63) is 65.5 Å². The number of allylic oxidation sites excluding steroid dienone is 2. The predicted octanol–water partition coefficient (Wildman–Crippen LogP) is 3.89. The van der Waals surface area contributed by atoms with E-state index in [1.165, 1.54) is 25.6 Å². The molecule has 202 valence electrons. The molecule has 0 aromatic heterocycles. The highest BCUT2D eigenvalue weighted by Crippen LogP contribution is 2.25. The number of benzene rings is 1. The molecule has 38 heavy (non-hydrogen) atoms. The number of aliphatic imine (C=N–C) groups is 3. The van der Waals surface area contributed by atoms with Crippen LogP contribution >= 0.6 is 0 Å². The maximum atomic E-state index is 13.7. The minimum absolute atomic E-state index is 0.0930. The Kier molecular flexibility index (Phi) is 8.82. The second kappa shape index (κ2) is 11.8. The Hall–Kier alpha value is -4.28. The molecule has 0 spiro atoms. The lowest BCUT2D eigenvalue weighted by Gasteiger charge is -2.21. The van der Waals surface area contributed by atoms with Gasteiger partial charge in [0.05, 0.1) is 19.9 Å². The first-order valence-corrected chi connectivity index (χ1v) is 12.2. The summed E-state index contributed by atoms with van der Waals surface area (Å²) in [5, 5.41) is 13.9. The molecule has 0 saturated carbocycles. The fraction of sp³-hybridized carbons (Fsp3) is 0.370. The van der Waals surface area contributed by atoms with Crippen molar-refractivity contribution < 1.29 is 13.9 Å². The average molecular weight is 523 g/mol. The van der Waals surface area contributed by atoms with Crippen molar-refractivity contribution >= 4 is 35.3 Å². The van der Waals surface area contributed by atoms with Gasteiger partial charge in [0.1, 0.15) is 35.0 Å². The minimum atomic E-state index is -0.929. The number of methoxy groups -OCH3 is 1. The van der Waals surface area contributed by atoms with E-state index in [1.54, 1.807) is 23.1 Å². The highest BCUT2D eigenvalue weighted by Gasteiger charge is 2.27. The van der Waals surface area contributed by atoms with Crippen LogP contribution in [0.15, 0.2) is 69.3 Å². The van der Waals surface area contributed by atoms with Crippen LogP contribution in [0.1, 0.15) is 43.1 Å².